The average Bonchev–Trinajstić information content (AvgIpc) is 2.39. The Hall–Kier alpha value is -2.16. The first-order valence-corrected chi connectivity index (χ1v) is 6.10. The van der Waals surface area contributed by atoms with Crippen LogP contribution in [-0.4, -0.2) is 10.8 Å². The van der Waals surface area contributed by atoms with Crippen molar-refractivity contribution < 1.29 is 4.79 Å². The number of fused-ring (bicyclic) bond motifs is 1. The summed E-state index contributed by atoms with van der Waals surface area (Å²) in [6.45, 7) is 0. The molecule has 1 N–H and O–H groups in total. The fraction of sp³-hybridized carbons (Fsp3) is 0.200. The highest BCUT2D eigenvalue weighted by atomic mass is 16.1. The molecule has 0 radical (unpaired) electrons. The summed E-state index contributed by atoms with van der Waals surface area (Å²) < 4.78 is 0. The van der Waals surface area contributed by atoms with E-state index in [1.165, 1.54) is 6.07 Å². The minimum Gasteiger partial charge on any atom is -0.325 e. The molecule has 3 nitrogen and oxygen atoms in total. The van der Waals surface area contributed by atoms with Crippen molar-refractivity contribution in [2.75, 3.05) is 0 Å². The van der Waals surface area contributed by atoms with E-state index < -0.39 is 0 Å². The Labute approximate surface area is 104 Å². The van der Waals surface area contributed by atoms with E-state index >= 15 is 0 Å². The van der Waals surface area contributed by atoms with Crippen LogP contribution in [0.5, 0.6) is 0 Å². The van der Waals surface area contributed by atoms with Crippen LogP contribution in [0.4, 0.5) is 0 Å². The second kappa shape index (κ2) is 4.26. The predicted molar refractivity (Wildman–Crippen MR) is 69.8 cm³/mol. The highest BCUT2D eigenvalue weighted by Gasteiger charge is 2.22. The van der Waals surface area contributed by atoms with Crippen molar-refractivity contribution in [1.29, 1.82) is 0 Å². The number of rotatable bonds is 1. The monoisotopic (exact) mass is 239 g/mol. The molecule has 0 saturated heterocycles. The zero-order valence-electron chi connectivity index (χ0n) is 9.90. The first kappa shape index (κ1) is 11.0. The van der Waals surface area contributed by atoms with E-state index in [9.17, 15) is 9.59 Å². The predicted octanol–water partition coefficient (Wildman–Crippen LogP) is 2.56. The fourth-order valence-electron chi connectivity index (χ4n) is 2.52. The van der Waals surface area contributed by atoms with Gasteiger partial charge in [0.2, 0.25) is 5.56 Å². The minimum absolute atomic E-state index is 0.131. The topological polar surface area (TPSA) is 49.9 Å². The Kier molecular flexibility index (Phi) is 2.59. The number of H-pyrrole nitrogens is 1. The number of aromatic amines is 1. The Balaban J connectivity index is 2.29. The van der Waals surface area contributed by atoms with Gasteiger partial charge in [0.1, 0.15) is 0 Å². The molecule has 1 aromatic carbocycles. The lowest BCUT2D eigenvalue weighted by Crippen LogP contribution is -2.19. The SMILES string of the molecule is O=C1CCCc2[nH]c(=O)cc(-c3ccccc3)c21. The van der Waals surface area contributed by atoms with Crippen LogP contribution >= 0.6 is 0 Å². The van der Waals surface area contributed by atoms with Crippen LogP contribution < -0.4 is 5.56 Å². The van der Waals surface area contributed by atoms with Crippen LogP contribution in [0.25, 0.3) is 11.1 Å². The van der Waals surface area contributed by atoms with Gasteiger partial charge in [-0.25, -0.2) is 0 Å². The summed E-state index contributed by atoms with van der Waals surface area (Å²) in [5.74, 6) is 0.131. The molecule has 0 atom stereocenters. The van der Waals surface area contributed by atoms with Gasteiger partial charge in [-0.2, -0.15) is 0 Å². The molecule has 0 saturated carbocycles. The number of hydrogen-bond donors (Lipinski definition) is 1. The number of aromatic nitrogens is 1. The van der Waals surface area contributed by atoms with Gasteiger partial charge in [-0.3, -0.25) is 9.59 Å². The van der Waals surface area contributed by atoms with Crippen molar-refractivity contribution in [3.8, 4) is 11.1 Å². The van der Waals surface area contributed by atoms with Crippen LogP contribution in [-0.2, 0) is 6.42 Å². The van der Waals surface area contributed by atoms with E-state index in [0.29, 0.717) is 12.0 Å². The molecule has 0 spiro atoms. The van der Waals surface area contributed by atoms with Gasteiger partial charge in [-0.1, -0.05) is 30.3 Å². The highest BCUT2D eigenvalue weighted by molar-refractivity contribution is 6.04. The third-order valence-corrected chi connectivity index (χ3v) is 3.31. The third kappa shape index (κ3) is 1.78. The summed E-state index contributed by atoms with van der Waals surface area (Å²) in [4.78, 5) is 26.5. The average molecular weight is 239 g/mol. The van der Waals surface area contributed by atoms with Crippen molar-refractivity contribution >= 4 is 5.78 Å². The molecule has 1 aromatic heterocycles. The maximum atomic E-state index is 12.1. The molecule has 90 valence electrons. The van der Waals surface area contributed by atoms with Crippen molar-refractivity contribution in [2.24, 2.45) is 0 Å². The molecular formula is C15H13NO2. The normalized spacial score (nSPS) is 14.3. The van der Waals surface area contributed by atoms with Crippen molar-refractivity contribution in [3.05, 3.63) is 58.0 Å². The largest absolute Gasteiger partial charge is 0.325 e. The van der Waals surface area contributed by atoms with Crippen LogP contribution in [0.1, 0.15) is 28.9 Å². The van der Waals surface area contributed by atoms with E-state index in [1.54, 1.807) is 0 Å². The van der Waals surface area contributed by atoms with Gasteiger partial charge in [0, 0.05) is 23.7 Å². The summed E-state index contributed by atoms with van der Waals surface area (Å²) in [5.41, 5.74) is 3.04. The Morgan fingerprint density at radius 1 is 1.00 bits per heavy atom. The number of nitrogens with one attached hydrogen (secondary N) is 1. The van der Waals surface area contributed by atoms with E-state index in [2.05, 4.69) is 4.98 Å². The van der Waals surface area contributed by atoms with Gasteiger partial charge in [-0.15, -0.1) is 0 Å². The van der Waals surface area contributed by atoms with Gasteiger partial charge >= 0.3 is 0 Å². The molecule has 0 fully saturated rings. The number of hydrogen-bond acceptors (Lipinski definition) is 2. The second-order valence-corrected chi connectivity index (χ2v) is 4.54. The number of Topliss-reactive ketones (excluding diaryl/α,β-unsaturated/α-hetero) is 1. The first-order valence-electron chi connectivity index (χ1n) is 6.10. The summed E-state index contributed by atoms with van der Waals surface area (Å²) in [6.07, 6.45) is 2.16. The summed E-state index contributed by atoms with van der Waals surface area (Å²) in [6, 6.07) is 11.1. The van der Waals surface area contributed by atoms with Gasteiger partial charge < -0.3 is 4.98 Å². The summed E-state index contributed by atoms with van der Waals surface area (Å²) in [5, 5.41) is 0. The number of carbonyl (C=O) groups excluding carboxylic acids is 1. The lowest BCUT2D eigenvalue weighted by atomic mass is 9.88. The minimum atomic E-state index is -0.137. The quantitative estimate of drug-likeness (QED) is 0.831. The van der Waals surface area contributed by atoms with Crippen molar-refractivity contribution in [3.63, 3.8) is 0 Å². The maximum absolute atomic E-state index is 12.1. The molecule has 0 amide bonds. The molecule has 3 rings (SSSR count). The first-order chi connectivity index (χ1) is 8.75. The van der Waals surface area contributed by atoms with E-state index in [1.807, 2.05) is 30.3 Å². The summed E-state index contributed by atoms with van der Waals surface area (Å²) >= 11 is 0. The van der Waals surface area contributed by atoms with E-state index in [4.69, 9.17) is 0 Å². The molecule has 3 heteroatoms. The van der Waals surface area contributed by atoms with Crippen molar-refractivity contribution in [1.82, 2.24) is 4.98 Å². The molecular weight excluding hydrogens is 226 g/mol. The van der Waals surface area contributed by atoms with Gasteiger partial charge in [0.25, 0.3) is 0 Å². The molecule has 2 aromatic rings. The standard InChI is InChI=1S/C15H13NO2/c17-13-8-4-7-12-15(13)11(9-14(18)16-12)10-5-2-1-3-6-10/h1-3,5-6,9H,4,7-8H2,(H,16,18). The maximum Gasteiger partial charge on any atom is 0.248 e. The highest BCUT2D eigenvalue weighted by Crippen LogP contribution is 2.28. The molecule has 18 heavy (non-hydrogen) atoms. The third-order valence-electron chi connectivity index (χ3n) is 3.31. The smallest absolute Gasteiger partial charge is 0.248 e. The van der Waals surface area contributed by atoms with Crippen LogP contribution in [0.3, 0.4) is 0 Å². The molecule has 0 unspecified atom stereocenters. The molecule has 0 bridgehead atoms. The lowest BCUT2D eigenvalue weighted by molar-refractivity contribution is 0.0972. The number of pyridine rings is 1. The van der Waals surface area contributed by atoms with E-state index in [0.717, 1.165) is 29.7 Å². The Morgan fingerprint density at radius 3 is 2.56 bits per heavy atom. The second-order valence-electron chi connectivity index (χ2n) is 4.54. The van der Waals surface area contributed by atoms with Crippen molar-refractivity contribution in [2.45, 2.75) is 19.3 Å². The van der Waals surface area contributed by atoms with E-state index in [-0.39, 0.29) is 11.3 Å². The lowest BCUT2D eigenvalue weighted by Gasteiger charge is -2.17. The fourth-order valence-corrected chi connectivity index (χ4v) is 2.52. The zero-order chi connectivity index (χ0) is 12.5. The van der Waals surface area contributed by atoms with Crippen LogP contribution in [0.2, 0.25) is 0 Å². The van der Waals surface area contributed by atoms with Crippen LogP contribution in [0.15, 0.2) is 41.2 Å². The van der Waals surface area contributed by atoms with Gasteiger partial charge in [0.05, 0.1) is 0 Å². The molecule has 1 aliphatic carbocycles. The number of carbonyl (C=O) groups is 1. The molecule has 0 aliphatic heterocycles. The molecule has 1 aliphatic rings. The zero-order valence-corrected chi connectivity index (χ0v) is 9.90. The van der Waals surface area contributed by atoms with Gasteiger partial charge in [0.15, 0.2) is 5.78 Å². The Morgan fingerprint density at radius 2 is 1.78 bits per heavy atom. The summed E-state index contributed by atoms with van der Waals surface area (Å²) in [7, 11) is 0. The number of aryl methyl sites for hydroxylation is 1. The van der Waals surface area contributed by atoms with Crippen LogP contribution in [0, 0.1) is 0 Å². The number of ketones is 1. The molecule has 1 heterocycles. The Bertz CT molecular complexity index is 656. The van der Waals surface area contributed by atoms with Gasteiger partial charge in [-0.05, 0) is 24.0 Å². The number of benzene rings is 1.